The fourth-order valence-electron chi connectivity index (χ4n) is 2.28. The molecule has 0 fully saturated rings. The summed E-state index contributed by atoms with van der Waals surface area (Å²) in [6.07, 6.45) is 0. The molecule has 2 rings (SSSR count). The van der Waals surface area contributed by atoms with Crippen LogP contribution in [0.3, 0.4) is 0 Å². The molecule has 8 nitrogen and oxygen atoms in total. The first kappa shape index (κ1) is 20.5. The van der Waals surface area contributed by atoms with Gasteiger partial charge in [0, 0.05) is 6.07 Å². The van der Waals surface area contributed by atoms with E-state index < -0.39 is 17.9 Å². The Morgan fingerprint density at radius 1 is 1.11 bits per heavy atom. The number of carboxylic acid groups (broad SMARTS) is 1. The van der Waals surface area contributed by atoms with Gasteiger partial charge in [-0.05, 0) is 37.5 Å². The van der Waals surface area contributed by atoms with Crippen molar-refractivity contribution in [1.82, 2.24) is 10.5 Å². The van der Waals surface area contributed by atoms with Gasteiger partial charge in [-0.15, -0.1) is 11.8 Å². The van der Waals surface area contributed by atoms with Crippen molar-refractivity contribution >= 4 is 35.4 Å². The molecule has 1 unspecified atom stereocenters. The van der Waals surface area contributed by atoms with Gasteiger partial charge in [0.2, 0.25) is 11.8 Å². The lowest BCUT2D eigenvalue weighted by molar-refractivity contribution is -0.141. The number of nitrogens with zero attached hydrogens (tertiary/aromatic N) is 1. The van der Waals surface area contributed by atoms with Gasteiger partial charge < -0.3 is 20.3 Å². The van der Waals surface area contributed by atoms with Crippen LogP contribution in [0.25, 0.3) is 0 Å². The molecule has 0 aliphatic rings. The first-order valence-electron chi connectivity index (χ1n) is 8.16. The van der Waals surface area contributed by atoms with Gasteiger partial charge >= 0.3 is 5.97 Å². The lowest BCUT2D eigenvalue weighted by Crippen LogP contribution is -2.35. The third-order valence-electron chi connectivity index (χ3n) is 3.78. The summed E-state index contributed by atoms with van der Waals surface area (Å²) < 4.78 is 4.84. The van der Waals surface area contributed by atoms with Gasteiger partial charge in [-0.3, -0.25) is 9.59 Å². The van der Waals surface area contributed by atoms with Gasteiger partial charge in [-0.25, -0.2) is 4.79 Å². The molecule has 0 aliphatic heterocycles. The van der Waals surface area contributed by atoms with Gasteiger partial charge in [0.25, 0.3) is 0 Å². The molecule has 0 radical (unpaired) electrons. The van der Waals surface area contributed by atoms with Crippen LogP contribution in [-0.2, 0) is 14.4 Å². The number of carbonyl (C=O) groups excluding carboxylic acids is 2. The summed E-state index contributed by atoms with van der Waals surface area (Å²) in [7, 11) is 0. The molecule has 0 aliphatic carbocycles. The highest BCUT2D eigenvalue weighted by atomic mass is 32.2. The molecule has 144 valence electrons. The van der Waals surface area contributed by atoms with Crippen molar-refractivity contribution in [3.63, 3.8) is 0 Å². The van der Waals surface area contributed by atoms with Crippen LogP contribution in [0, 0.1) is 20.8 Å². The lowest BCUT2D eigenvalue weighted by Gasteiger charge is -2.16. The number of carbonyl (C=O) groups is 3. The second-order valence-corrected chi connectivity index (χ2v) is 7.03. The summed E-state index contributed by atoms with van der Waals surface area (Å²) in [5.41, 5.74) is 2.49. The van der Waals surface area contributed by atoms with Crippen molar-refractivity contribution in [3.8, 4) is 0 Å². The fraction of sp³-hybridized carbons (Fsp3) is 0.333. The van der Waals surface area contributed by atoms with E-state index >= 15 is 0 Å². The quantitative estimate of drug-likeness (QED) is 0.631. The zero-order valence-corrected chi connectivity index (χ0v) is 16.1. The number of carboxylic acids is 1. The summed E-state index contributed by atoms with van der Waals surface area (Å²) in [6, 6.07) is 5.69. The van der Waals surface area contributed by atoms with Crippen LogP contribution in [0.4, 0.5) is 5.82 Å². The number of aryl methyl sites for hydroxylation is 3. The number of amides is 2. The lowest BCUT2D eigenvalue weighted by atomic mass is 10.0. The Morgan fingerprint density at radius 3 is 2.41 bits per heavy atom. The summed E-state index contributed by atoms with van der Waals surface area (Å²) in [6.45, 7) is 5.51. The standard InChI is InChI=1S/C18H21N3O5S/c1-10-4-5-13(6-11(10)2)17(18(24)25)20-16(23)9-27-8-15(22)19-14-7-12(3)26-21-14/h4-7,17H,8-9H2,1-3H3,(H,20,23)(H,24,25)(H,19,21,22). The van der Waals surface area contributed by atoms with Crippen molar-refractivity contribution in [2.45, 2.75) is 26.8 Å². The van der Waals surface area contributed by atoms with Gasteiger partial charge in [0.15, 0.2) is 11.9 Å². The van der Waals surface area contributed by atoms with Gasteiger partial charge in [-0.2, -0.15) is 0 Å². The number of benzene rings is 1. The van der Waals surface area contributed by atoms with E-state index in [2.05, 4.69) is 15.8 Å². The predicted molar refractivity (Wildman–Crippen MR) is 102 cm³/mol. The first-order chi connectivity index (χ1) is 12.8. The highest BCUT2D eigenvalue weighted by molar-refractivity contribution is 8.00. The number of thioether (sulfide) groups is 1. The zero-order valence-electron chi connectivity index (χ0n) is 15.2. The zero-order chi connectivity index (χ0) is 20.0. The minimum Gasteiger partial charge on any atom is -0.479 e. The minimum atomic E-state index is -1.14. The third kappa shape index (κ3) is 6.14. The second-order valence-electron chi connectivity index (χ2n) is 6.05. The number of hydrogen-bond acceptors (Lipinski definition) is 6. The Labute approximate surface area is 160 Å². The van der Waals surface area contributed by atoms with E-state index in [1.807, 2.05) is 19.9 Å². The van der Waals surface area contributed by atoms with E-state index in [9.17, 15) is 19.5 Å². The van der Waals surface area contributed by atoms with Crippen molar-refractivity contribution in [1.29, 1.82) is 0 Å². The number of aromatic nitrogens is 1. The maximum Gasteiger partial charge on any atom is 0.330 e. The molecule has 1 atom stereocenters. The van der Waals surface area contributed by atoms with Crippen LogP contribution in [0.15, 0.2) is 28.8 Å². The molecular weight excluding hydrogens is 370 g/mol. The topological polar surface area (TPSA) is 122 Å². The average molecular weight is 391 g/mol. The van der Waals surface area contributed by atoms with Gasteiger partial charge in [-0.1, -0.05) is 23.4 Å². The van der Waals surface area contributed by atoms with Crippen LogP contribution < -0.4 is 10.6 Å². The number of anilines is 1. The third-order valence-corrected chi connectivity index (χ3v) is 4.71. The monoisotopic (exact) mass is 391 g/mol. The van der Waals surface area contributed by atoms with Crippen molar-refractivity contribution < 1.29 is 24.0 Å². The Morgan fingerprint density at radius 2 is 1.81 bits per heavy atom. The van der Waals surface area contributed by atoms with E-state index in [1.54, 1.807) is 25.1 Å². The molecule has 1 aromatic carbocycles. The molecule has 0 spiro atoms. The molecule has 2 aromatic rings. The van der Waals surface area contributed by atoms with Crippen molar-refractivity contribution in [3.05, 3.63) is 46.7 Å². The highest BCUT2D eigenvalue weighted by Crippen LogP contribution is 2.18. The molecule has 0 bridgehead atoms. The van der Waals surface area contributed by atoms with E-state index in [0.717, 1.165) is 22.9 Å². The van der Waals surface area contributed by atoms with Gasteiger partial charge in [0.05, 0.1) is 11.5 Å². The SMILES string of the molecule is Cc1cc(NC(=O)CSCC(=O)NC(C(=O)O)c2ccc(C)c(C)c2)no1. The molecule has 3 N–H and O–H groups in total. The normalized spacial score (nSPS) is 11.7. The summed E-state index contributed by atoms with van der Waals surface area (Å²) in [5.74, 6) is -1.07. The number of aliphatic carboxylic acids is 1. The molecular formula is C18H21N3O5S. The van der Waals surface area contributed by atoms with Crippen LogP contribution in [0.5, 0.6) is 0 Å². The summed E-state index contributed by atoms with van der Waals surface area (Å²) in [5, 5.41) is 18.1. The summed E-state index contributed by atoms with van der Waals surface area (Å²) in [4.78, 5) is 35.4. The average Bonchev–Trinajstić information content (AvgIpc) is 2.99. The maximum absolute atomic E-state index is 12.1. The van der Waals surface area contributed by atoms with Crippen LogP contribution in [0.1, 0.15) is 28.5 Å². The smallest absolute Gasteiger partial charge is 0.330 e. The van der Waals surface area contributed by atoms with Crippen LogP contribution >= 0.6 is 11.8 Å². The Balaban J connectivity index is 1.84. The number of rotatable bonds is 8. The van der Waals surface area contributed by atoms with Crippen LogP contribution in [0.2, 0.25) is 0 Å². The van der Waals surface area contributed by atoms with E-state index in [-0.39, 0.29) is 17.4 Å². The van der Waals surface area contributed by atoms with Crippen LogP contribution in [-0.4, -0.2) is 39.6 Å². The Kier molecular flexibility index (Phi) is 7.00. The largest absolute Gasteiger partial charge is 0.479 e. The van der Waals surface area contributed by atoms with Crippen molar-refractivity contribution in [2.24, 2.45) is 0 Å². The van der Waals surface area contributed by atoms with E-state index in [1.165, 1.54) is 0 Å². The van der Waals surface area contributed by atoms with Crippen molar-refractivity contribution in [2.75, 3.05) is 16.8 Å². The fourth-order valence-corrected chi connectivity index (χ4v) is 2.90. The van der Waals surface area contributed by atoms with E-state index in [4.69, 9.17) is 4.52 Å². The molecule has 27 heavy (non-hydrogen) atoms. The van der Waals surface area contributed by atoms with Gasteiger partial charge in [0.1, 0.15) is 5.76 Å². The Hall–Kier alpha value is -2.81. The Bertz CT molecular complexity index is 849. The second kappa shape index (κ2) is 9.22. The summed E-state index contributed by atoms with van der Waals surface area (Å²) >= 11 is 1.07. The first-order valence-corrected chi connectivity index (χ1v) is 9.32. The highest BCUT2D eigenvalue weighted by Gasteiger charge is 2.22. The number of hydrogen-bond donors (Lipinski definition) is 3. The molecule has 1 aromatic heterocycles. The molecule has 0 saturated carbocycles. The molecule has 1 heterocycles. The molecule has 2 amide bonds. The van der Waals surface area contributed by atoms with E-state index in [0.29, 0.717) is 17.1 Å². The predicted octanol–water partition coefficient (Wildman–Crippen LogP) is 2.21. The molecule has 0 saturated heterocycles. The molecule has 9 heteroatoms. The minimum absolute atomic E-state index is 0.0285. The number of nitrogens with one attached hydrogen (secondary N) is 2. The maximum atomic E-state index is 12.1.